The minimum atomic E-state index is 0.364. The third kappa shape index (κ3) is 3.02. The molecule has 0 fully saturated rings. The lowest BCUT2D eigenvalue weighted by atomic mass is 10.2. The Labute approximate surface area is 118 Å². The van der Waals surface area contributed by atoms with E-state index in [-0.39, 0.29) is 0 Å². The lowest BCUT2D eigenvalue weighted by molar-refractivity contribution is 0.414. The third-order valence-corrected chi connectivity index (χ3v) is 2.92. The molecule has 0 saturated carbocycles. The van der Waals surface area contributed by atoms with E-state index in [1.807, 2.05) is 18.2 Å². The number of nitrogens with one attached hydrogen (secondary N) is 1. The van der Waals surface area contributed by atoms with E-state index in [9.17, 15) is 0 Å². The topological polar surface area (TPSA) is 90.3 Å². The fourth-order valence-electron chi connectivity index (χ4n) is 1.41. The smallest absolute Gasteiger partial charge is 0.263 e. The number of aromatic nitrogens is 3. The van der Waals surface area contributed by atoms with Crippen LogP contribution in [0.4, 0.5) is 5.95 Å². The van der Waals surface area contributed by atoms with Crippen molar-refractivity contribution >= 4 is 28.1 Å². The number of nitrogen functional groups attached to an aromatic ring is 1. The van der Waals surface area contributed by atoms with E-state index in [2.05, 4.69) is 36.7 Å². The molecule has 2 rings (SSSR count). The van der Waals surface area contributed by atoms with Crippen molar-refractivity contribution in [3.05, 3.63) is 34.1 Å². The third-order valence-electron chi connectivity index (χ3n) is 2.43. The average molecular weight is 325 g/mol. The van der Waals surface area contributed by atoms with Crippen LogP contribution in [0.1, 0.15) is 11.4 Å². The summed E-state index contributed by atoms with van der Waals surface area (Å²) in [5.41, 5.74) is 3.54. The number of rotatable bonds is 4. The van der Waals surface area contributed by atoms with Crippen LogP contribution in [-0.4, -0.2) is 28.2 Å². The Kier molecular flexibility index (Phi) is 4.00. The van der Waals surface area contributed by atoms with Crippen LogP contribution < -0.4 is 16.0 Å². The Bertz CT molecular complexity index is 609. The van der Waals surface area contributed by atoms with Gasteiger partial charge in [0.2, 0.25) is 0 Å². The zero-order valence-corrected chi connectivity index (χ0v) is 12.0. The first-order valence-corrected chi connectivity index (χ1v) is 6.21. The van der Waals surface area contributed by atoms with E-state index in [1.54, 1.807) is 20.2 Å². The fourth-order valence-corrected chi connectivity index (χ4v) is 1.79. The number of halogens is 1. The molecule has 0 aliphatic rings. The number of methoxy groups -OCH3 is 1. The van der Waals surface area contributed by atoms with Gasteiger partial charge in [-0.3, -0.25) is 0 Å². The molecule has 1 heterocycles. The molecule has 0 unspecified atom stereocenters. The number of ether oxygens (including phenoxy) is 1. The molecular formula is C11H13BrN6O. The summed E-state index contributed by atoms with van der Waals surface area (Å²) in [5.74, 6) is 7.37. The quantitative estimate of drug-likeness (QED) is 0.505. The highest BCUT2D eigenvalue weighted by molar-refractivity contribution is 9.10. The van der Waals surface area contributed by atoms with Crippen LogP contribution in [0.2, 0.25) is 0 Å². The molecule has 0 atom stereocenters. The fraction of sp³-hybridized carbons (Fsp3) is 0.182. The van der Waals surface area contributed by atoms with Crippen molar-refractivity contribution in [2.24, 2.45) is 5.10 Å². The van der Waals surface area contributed by atoms with Crippen LogP contribution in [0.3, 0.4) is 0 Å². The van der Waals surface area contributed by atoms with Crippen LogP contribution in [-0.2, 0) is 0 Å². The first-order valence-electron chi connectivity index (χ1n) is 5.41. The number of anilines is 1. The number of benzene rings is 1. The number of hydrazone groups is 1. The van der Waals surface area contributed by atoms with Gasteiger partial charge in [0.15, 0.2) is 5.82 Å². The van der Waals surface area contributed by atoms with E-state index in [0.29, 0.717) is 11.8 Å². The Morgan fingerprint density at radius 1 is 1.47 bits per heavy atom. The van der Waals surface area contributed by atoms with Gasteiger partial charge in [-0.25, -0.2) is 10.1 Å². The summed E-state index contributed by atoms with van der Waals surface area (Å²) in [6.45, 7) is 1.75. The molecule has 0 bridgehead atoms. The summed E-state index contributed by atoms with van der Waals surface area (Å²) in [4.78, 5) is 0. The molecule has 0 aliphatic carbocycles. The lowest BCUT2D eigenvalue weighted by Gasteiger charge is -2.04. The van der Waals surface area contributed by atoms with E-state index < -0.39 is 0 Å². The van der Waals surface area contributed by atoms with Crippen molar-refractivity contribution in [1.29, 1.82) is 0 Å². The SMILES string of the molecule is COc1ccc(Br)cc1C=NNc1nnc(C)n1N. The maximum absolute atomic E-state index is 5.69. The minimum Gasteiger partial charge on any atom is -0.496 e. The van der Waals surface area contributed by atoms with E-state index in [4.69, 9.17) is 10.6 Å². The highest BCUT2D eigenvalue weighted by Gasteiger charge is 2.04. The van der Waals surface area contributed by atoms with E-state index >= 15 is 0 Å². The molecule has 0 radical (unpaired) electrons. The van der Waals surface area contributed by atoms with Gasteiger partial charge in [0.1, 0.15) is 5.75 Å². The van der Waals surface area contributed by atoms with Gasteiger partial charge in [0.25, 0.3) is 5.95 Å². The predicted molar refractivity (Wildman–Crippen MR) is 76.8 cm³/mol. The highest BCUT2D eigenvalue weighted by atomic mass is 79.9. The van der Waals surface area contributed by atoms with Crippen molar-refractivity contribution in [2.75, 3.05) is 18.4 Å². The second-order valence-electron chi connectivity index (χ2n) is 3.70. The van der Waals surface area contributed by atoms with Gasteiger partial charge >= 0.3 is 0 Å². The lowest BCUT2D eigenvalue weighted by Crippen LogP contribution is -2.13. The van der Waals surface area contributed by atoms with Crippen LogP contribution in [0, 0.1) is 6.92 Å². The van der Waals surface area contributed by atoms with Crippen LogP contribution in [0.5, 0.6) is 5.75 Å². The number of hydrogen-bond donors (Lipinski definition) is 2. The standard InChI is InChI=1S/C11H13BrN6O/c1-7-15-17-11(18(7)13)16-14-6-8-5-9(12)3-4-10(8)19-2/h3-6H,13H2,1-2H3,(H,16,17). The highest BCUT2D eigenvalue weighted by Crippen LogP contribution is 2.21. The molecule has 19 heavy (non-hydrogen) atoms. The Balaban J connectivity index is 2.15. The first kappa shape index (κ1) is 13.3. The number of nitrogens with two attached hydrogens (primary N) is 1. The maximum atomic E-state index is 5.69. The van der Waals surface area contributed by atoms with Gasteiger partial charge in [0.05, 0.1) is 13.3 Å². The van der Waals surface area contributed by atoms with Crippen LogP contribution in [0.15, 0.2) is 27.8 Å². The summed E-state index contributed by atoms with van der Waals surface area (Å²) < 4.78 is 7.49. The zero-order valence-electron chi connectivity index (χ0n) is 10.5. The number of aryl methyl sites for hydroxylation is 1. The van der Waals surface area contributed by atoms with Crippen molar-refractivity contribution < 1.29 is 4.74 Å². The molecule has 0 amide bonds. The van der Waals surface area contributed by atoms with Gasteiger partial charge < -0.3 is 10.6 Å². The van der Waals surface area contributed by atoms with Crippen molar-refractivity contribution in [3.63, 3.8) is 0 Å². The second kappa shape index (κ2) is 5.70. The van der Waals surface area contributed by atoms with E-state index in [1.165, 1.54) is 4.68 Å². The van der Waals surface area contributed by atoms with Crippen LogP contribution >= 0.6 is 15.9 Å². The Hall–Kier alpha value is -2.09. The van der Waals surface area contributed by atoms with Gasteiger partial charge in [-0.15, -0.1) is 10.2 Å². The monoisotopic (exact) mass is 324 g/mol. The van der Waals surface area contributed by atoms with Crippen molar-refractivity contribution in [1.82, 2.24) is 14.9 Å². The van der Waals surface area contributed by atoms with Gasteiger partial charge in [-0.1, -0.05) is 15.9 Å². The largest absolute Gasteiger partial charge is 0.496 e. The summed E-state index contributed by atoms with van der Waals surface area (Å²) in [5, 5.41) is 11.7. The molecule has 2 aromatic rings. The summed E-state index contributed by atoms with van der Waals surface area (Å²) in [6, 6.07) is 5.63. The molecule has 100 valence electrons. The van der Waals surface area contributed by atoms with Crippen molar-refractivity contribution in [2.45, 2.75) is 6.92 Å². The molecular weight excluding hydrogens is 312 g/mol. The normalized spacial score (nSPS) is 10.9. The molecule has 0 aliphatic heterocycles. The van der Waals surface area contributed by atoms with E-state index in [0.717, 1.165) is 15.8 Å². The Morgan fingerprint density at radius 2 is 2.26 bits per heavy atom. The minimum absolute atomic E-state index is 0.364. The second-order valence-corrected chi connectivity index (χ2v) is 4.61. The van der Waals surface area contributed by atoms with Crippen molar-refractivity contribution in [3.8, 4) is 5.75 Å². The van der Waals surface area contributed by atoms with Gasteiger partial charge in [-0.05, 0) is 25.1 Å². The van der Waals surface area contributed by atoms with Gasteiger partial charge in [-0.2, -0.15) is 5.10 Å². The number of nitrogens with zero attached hydrogens (tertiary/aromatic N) is 4. The molecule has 0 saturated heterocycles. The molecule has 7 nitrogen and oxygen atoms in total. The molecule has 8 heteroatoms. The zero-order chi connectivity index (χ0) is 13.8. The Morgan fingerprint density at radius 3 is 2.89 bits per heavy atom. The summed E-state index contributed by atoms with van der Waals surface area (Å²) in [7, 11) is 1.61. The average Bonchev–Trinajstić information content (AvgIpc) is 2.71. The summed E-state index contributed by atoms with van der Waals surface area (Å²) >= 11 is 3.39. The number of hydrogen-bond acceptors (Lipinski definition) is 6. The van der Waals surface area contributed by atoms with Gasteiger partial charge in [0, 0.05) is 10.0 Å². The maximum Gasteiger partial charge on any atom is 0.263 e. The molecule has 0 spiro atoms. The van der Waals surface area contributed by atoms with Crippen LogP contribution in [0.25, 0.3) is 0 Å². The molecule has 1 aromatic carbocycles. The molecule has 1 aromatic heterocycles. The predicted octanol–water partition coefficient (Wildman–Crippen LogP) is 1.52. The first-order chi connectivity index (χ1) is 9.11. The molecule has 3 N–H and O–H groups in total. The summed E-state index contributed by atoms with van der Waals surface area (Å²) in [6.07, 6.45) is 1.62.